The van der Waals surface area contributed by atoms with E-state index in [1.807, 2.05) is 6.92 Å². The summed E-state index contributed by atoms with van der Waals surface area (Å²) >= 11 is 0.991. The summed E-state index contributed by atoms with van der Waals surface area (Å²) in [7, 11) is -3.76. The molecule has 6 nitrogen and oxygen atoms in total. The van der Waals surface area contributed by atoms with Crippen molar-refractivity contribution < 1.29 is 8.42 Å². The molecule has 3 N–H and O–H groups in total. The van der Waals surface area contributed by atoms with Crippen molar-refractivity contribution >= 4 is 26.7 Å². The minimum absolute atomic E-state index is 0.0990. The fraction of sp³-hybridized carbons (Fsp3) is 0.231. The van der Waals surface area contributed by atoms with Gasteiger partial charge in [-0.1, -0.05) is 17.9 Å². The number of sulfonamides is 1. The average Bonchev–Trinajstić information content (AvgIpc) is 2.80. The summed E-state index contributed by atoms with van der Waals surface area (Å²) in [5, 5.41) is 0.228. The molecule has 0 bridgehead atoms. The number of benzene rings is 1. The number of hydrogen-bond acceptors (Lipinski definition) is 6. The summed E-state index contributed by atoms with van der Waals surface area (Å²) in [6.07, 6.45) is 0. The molecule has 2 aromatic rings. The zero-order valence-corrected chi connectivity index (χ0v) is 13.2. The third-order valence-electron chi connectivity index (χ3n) is 2.50. The second-order valence-electron chi connectivity index (χ2n) is 4.26. The Kier molecular flexibility index (Phi) is 4.57. The van der Waals surface area contributed by atoms with Gasteiger partial charge in [-0.2, -0.15) is 4.37 Å². The van der Waals surface area contributed by atoms with Crippen LogP contribution in [0.15, 0.2) is 23.1 Å². The minimum atomic E-state index is -3.76. The number of aromatic nitrogens is 2. The molecule has 0 unspecified atom stereocenters. The molecular formula is C13H14N4O2S2. The lowest BCUT2D eigenvalue weighted by Crippen LogP contribution is -2.14. The van der Waals surface area contributed by atoms with Crippen LogP contribution >= 0.6 is 11.5 Å². The van der Waals surface area contributed by atoms with Gasteiger partial charge >= 0.3 is 0 Å². The summed E-state index contributed by atoms with van der Waals surface area (Å²) in [4.78, 5) is 4.09. The maximum absolute atomic E-state index is 12.4. The van der Waals surface area contributed by atoms with Gasteiger partial charge in [-0.05, 0) is 31.5 Å². The number of rotatable bonds is 3. The normalized spacial score (nSPS) is 10.8. The second kappa shape index (κ2) is 6.22. The number of aryl methyl sites for hydroxylation is 2. The topological polar surface area (TPSA) is 98.0 Å². The quantitative estimate of drug-likeness (QED) is 0.829. The molecule has 0 saturated carbocycles. The van der Waals surface area contributed by atoms with Crippen LogP contribution in [0, 0.1) is 25.7 Å². The molecule has 0 aliphatic carbocycles. The molecule has 0 radical (unpaired) electrons. The van der Waals surface area contributed by atoms with E-state index in [1.165, 1.54) is 6.07 Å². The predicted molar refractivity (Wildman–Crippen MR) is 82.6 cm³/mol. The largest absolute Gasteiger partial charge is 0.320 e. The molecule has 0 atom stereocenters. The molecule has 0 aliphatic rings. The van der Waals surface area contributed by atoms with Gasteiger partial charge in [0.25, 0.3) is 10.0 Å². The molecule has 0 amide bonds. The van der Waals surface area contributed by atoms with Gasteiger partial charge in [0.15, 0.2) is 0 Å². The fourth-order valence-corrected chi connectivity index (χ4v) is 3.57. The van der Waals surface area contributed by atoms with E-state index in [1.54, 1.807) is 19.1 Å². The monoisotopic (exact) mass is 322 g/mol. The molecule has 1 heterocycles. The van der Waals surface area contributed by atoms with E-state index in [-0.39, 0.29) is 16.6 Å². The van der Waals surface area contributed by atoms with Gasteiger partial charge in [0.1, 0.15) is 10.7 Å². The van der Waals surface area contributed by atoms with Crippen LogP contribution in [0.1, 0.15) is 17.0 Å². The van der Waals surface area contributed by atoms with Crippen LogP contribution < -0.4 is 10.5 Å². The molecule has 2 rings (SSSR count). The minimum Gasteiger partial charge on any atom is -0.320 e. The molecule has 0 saturated heterocycles. The maximum atomic E-state index is 12.4. The van der Waals surface area contributed by atoms with E-state index < -0.39 is 10.0 Å². The lowest BCUT2D eigenvalue weighted by molar-refractivity contribution is 0.601. The summed E-state index contributed by atoms with van der Waals surface area (Å²) in [6, 6.07) is 4.95. The molecular weight excluding hydrogens is 308 g/mol. The first-order valence-electron chi connectivity index (χ1n) is 6.05. The van der Waals surface area contributed by atoms with Gasteiger partial charge in [0, 0.05) is 17.1 Å². The van der Waals surface area contributed by atoms with Crippen LogP contribution in [0.5, 0.6) is 0 Å². The Labute approximate surface area is 127 Å². The lowest BCUT2D eigenvalue weighted by Gasteiger charge is -2.08. The number of nitrogens with zero attached hydrogens (tertiary/aromatic N) is 2. The molecule has 8 heteroatoms. The van der Waals surface area contributed by atoms with E-state index in [0.29, 0.717) is 11.4 Å². The van der Waals surface area contributed by atoms with Crippen molar-refractivity contribution in [3.05, 3.63) is 35.2 Å². The second-order valence-corrected chi connectivity index (χ2v) is 6.66. The van der Waals surface area contributed by atoms with Gasteiger partial charge < -0.3 is 5.73 Å². The molecule has 0 spiro atoms. The maximum Gasteiger partial charge on any atom is 0.264 e. The zero-order valence-electron chi connectivity index (χ0n) is 11.5. The van der Waals surface area contributed by atoms with E-state index >= 15 is 0 Å². The van der Waals surface area contributed by atoms with Crippen LogP contribution in [0.25, 0.3) is 0 Å². The van der Waals surface area contributed by atoms with Crippen molar-refractivity contribution in [1.82, 2.24) is 9.36 Å². The Morgan fingerprint density at radius 3 is 2.76 bits per heavy atom. The predicted octanol–water partition coefficient (Wildman–Crippen LogP) is 1.27. The first-order valence-corrected chi connectivity index (χ1v) is 8.31. The SMILES string of the molecule is Cc1ccc(S(=O)(=O)Nc2nc(C)ns2)c(C#CCN)c1. The van der Waals surface area contributed by atoms with Crippen molar-refractivity contribution in [2.24, 2.45) is 5.73 Å². The highest BCUT2D eigenvalue weighted by Crippen LogP contribution is 2.21. The molecule has 1 aromatic carbocycles. The van der Waals surface area contributed by atoms with Crippen LogP contribution in [-0.2, 0) is 10.0 Å². The Morgan fingerprint density at radius 2 is 2.14 bits per heavy atom. The third-order valence-corrected chi connectivity index (χ3v) is 4.75. The standard InChI is InChI=1S/C13H14N4O2S2/c1-9-5-6-12(11(8-9)4-3-7-14)21(18,19)17-13-15-10(2)16-20-13/h5-6,8H,7,14H2,1-2H3,(H,15,16,17). The molecule has 21 heavy (non-hydrogen) atoms. The van der Waals surface area contributed by atoms with E-state index in [2.05, 4.69) is 25.9 Å². The molecule has 0 aliphatic heterocycles. The molecule has 1 aromatic heterocycles. The van der Waals surface area contributed by atoms with Crippen LogP contribution in [-0.4, -0.2) is 24.3 Å². The summed E-state index contributed by atoms with van der Waals surface area (Å²) in [5.74, 6) is 5.97. The number of nitrogens with one attached hydrogen (secondary N) is 1. The van der Waals surface area contributed by atoms with Gasteiger partial charge in [-0.25, -0.2) is 13.4 Å². The average molecular weight is 322 g/mol. The van der Waals surface area contributed by atoms with Crippen molar-refractivity contribution in [2.75, 3.05) is 11.3 Å². The van der Waals surface area contributed by atoms with Gasteiger partial charge in [-0.3, -0.25) is 4.72 Å². The smallest absolute Gasteiger partial charge is 0.264 e. The Balaban J connectivity index is 2.44. The van der Waals surface area contributed by atoms with E-state index in [9.17, 15) is 8.42 Å². The summed E-state index contributed by atoms with van der Waals surface area (Å²) < 4.78 is 31.2. The Morgan fingerprint density at radius 1 is 1.38 bits per heavy atom. The number of nitrogens with two attached hydrogens (primary N) is 1. The van der Waals surface area contributed by atoms with Crippen molar-refractivity contribution in [2.45, 2.75) is 18.7 Å². The highest BCUT2D eigenvalue weighted by Gasteiger charge is 2.19. The number of anilines is 1. The van der Waals surface area contributed by atoms with Crippen molar-refractivity contribution in [1.29, 1.82) is 0 Å². The van der Waals surface area contributed by atoms with E-state index in [4.69, 9.17) is 5.73 Å². The van der Waals surface area contributed by atoms with Gasteiger partial charge in [-0.15, -0.1) is 0 Å². The van der Waals surface area contributed by atoms with Crippen molar-refractivity contribution in [3.63, 3.8) is 0 Å². The van der Waals surface area contributed by atoms with Crippen LogP contribution in [0.2, 0.25) is 0 Å². The first-order chi connectivity index (χ1) is 9.92. The summed E-state index contributed by atoms with van der Waals surface area (Å²) in [6.45, 7) is 3.72. The highest BCUT2D eigenvalue weighted by atomic mass is 32.2. The van der Waals surface area contributed by atoms with Gasteiger partial charge in [0.05, 0.1) is 6.54 Å². The Hall–Kier alpha value is -1.95. The summed E-state index contributed by atoms with van der Waals surface area (Å²) in [5.41, 5.74) is 6.67. The Bertz CT molecular complexity index is 816. The lowest BCUT2D eigenvalue weighted by atomic mass is 10.1. The van der Waals surface area contributed by atoms with Crippen LogP contribution in [0.3, 0.4) is 0 Å². The fourth-order valence-electron chi connectivity index (χ4n) is 1.63. The molecule has 0 fully saturated rings. The third kappa shape index (κ3) is 3.78. The van der Waals surface area contributed by atoms with Crippen LogP contribution in [0.4, 0.5) is 5.13 Å². The molecule has 110 valence electrons. The number of hydrogen-bond donors (Lipinski definition) is 2. The van der Waals surface area contributed by atoms with Crippen molar-refractivity contribution in [3.8, 4) is 11.8 Å². The highest BCUT2D eigenvalue weighted by molar-refractivity contribution is 7.93. The van der Waals surface area contributed by atoms with Gasteiger partial charge in [0.2, 0.25) is 5.13 Å². The zero-order chi connectivity index (χ0) is 15.5. The van der Waals surface area contributed by atoms with E-state index in [0.717, 1.165) is 17.1 Å². The first kappa shape index (κ1) is 15.4.